The number of anilines is 2. The summed E-state index contributed by atoms with van der Waals surface area (Å²) in [5.74, 6) is 0.0650. The summed E-state index contributed by atoms with van der Waals surface area (Å²) in [5, 5.41) is 15.7. The fourth-order valence-corrected chi connectivity index (χ4v) is 5.14. The van der Waals surface area contributed by atoms with Gasteiger partial charge in [0, 0.05) is 28.9 Å². The largest absolute Gasteiger partial charge is 0.397 e. The molecule has 0 aliphatic rings. The van der Waals surface area contributed by atoms with Gasteiger partial charge in [-0.3, -0.25) is 14.5 Å². The second-order valence-electron chi connectivity index (χ2n) is 10.2. The highest BCUT2D eigenvalue weighted by Gasteiger charge is 2.25. The van der Waals surface area contributed by atoms with Crippen molar-refractivity contribution < 1.29 is 14.7 Å². The van der Waals surface area contributed by atoms with E-state index in [0.717, 1.165) is 11.1 Å². The number of hydrogen-bond acceptors (Lipinski definition) is 8. The van der Waals surface area contributed by atoms with E-state index in [1.165, 1.54) is 11.3 Å². The molecule has 0 aliphatic heterocycles. The number of benzene rings is 2. The number of fused-ring (bicyclic) bond motifs is 1. The minimum atomic E-state index is -0.430. The highest BCUT2D eigenvalue weighted by molar-refractivity contribution is 7.21. The molecule has 0 aliphatic carbocycles. The fraction of sp³-hybridized carbons (Fsp3) is 0.310. The number of thiophene rings is 1. The number of carbonyl (C=O) groups is 2. The summed E-state index contributed by atoms with van der Waals surface area (Å²) >= 11 is 1.24. The van der Waals surface area contributed by atoms with Gasteiger partial charge in [-0.05, 0) is 39.4 Å². The Morgan fingerprint density at radius 1 is 1.05 bits per heavy atom. The first-order chi connectivity index (χ1) is 18.6. The Morgan fingerprint density at radius 3 is 2.44 bits per heavy atom. The number of carbonyl (C=O) groups excluding carboxylic acids is 2. The molecule has 2 heterocycles. The zero-order valence-corrected chi connectivity index (χ0v) is 23.4. The molecule has 0 bridgehead atoms. The molecule has 2 aromatic heterocycles. The van der Waals surface area contributed by atoms with Crippen molar-refractivity contribution in [3.8, 4) is 22.6 Å². The van der Waals surface area contributed by atoms with Gasteiger partial charge >= 0.3 is 0 Å². The number of amides is 2. The van der Waals surface area contributed by atoms with Crippen molar-refractivity contribution in [3.05, 3.63) is 59.5 Å². The fourth-order valence-electron chi connectivity index (χ4n) is 4.15. The summed E-state index contributed by atoms with van der Waals surface area (Å²) in [7, 11) is 0. The molecular formula is C29H34N6O3S. The number of nitrogens with one attached hydrogen (secondary N) is 2. The smallest absolute Gasteiger partial charge is 0.263 e. The van der Waals surface area contributed by atoms with Crippen LogP contribution in [0.15, 0.2) is 54.6 Å². The van der Waals surface area contributed by atoms with Crippen molar-refractivity contribution in [1.29, 1.82) is 0 Å². The molecule has 2 amide bonds. The lowest BCUT2D eigenvalue weighted by atomic mass is 10.1. The van der Waals surface area contributed by atoms with Crippen LogP contribution in [-0.2, 0) is 4.79 Å². The summed E-state index contributed by atoms with van der Waals surface area (Å²) in [6.45, 7) is 8.91. The van der Waals surface area contributed by atoms with Crippen LogP contribution in [0, 0.1) is 0 Å². The molecule has 204 valence electrons. The highest BCUT2D eigenvalue weighted by Crippen LogP contribution is 2.40. The number of aliphatic hydroxyl groups excluding tert-OH is 1. The van der Waals surface area contributed by atoms with Gasteiger partial charge in [0.05, 0.1) is 29.9 Å². The Morgan fingerprint density at radius 2 is 1.77 bits per heavy atom. The monoisotopic (exact) mass is 546 g/mol. The van der Waals surface area contributed by atoms with Crippen LogP contribution in [-0.4, -0.2) is 63.6 Å². The van der Waals surface area contributed by atoms with Gasteiger partial charge in [-0.1, -0.05) is 49.4 Å². The van der Waals surface area contributed by atoms with Gasteiger partial charge in [-0.25, -0.2) is 9.97 Å². The van der Waals surface area contributed by atoms with Crippen LogP contribution < -0.4 is 16.4 Å². The predicted molar refractivity (Wildman–Crippen MR) is 158 cm³/mol. The lowest BCUT2D eigenvalue weighted by molar-refractivity contribution is -0.117. The number of likely N-dealkylation sites (N-methyl/N-ethyl adjacent to an activating group) is 1. The van der Waals surface area contributed by atoms with Gasteiger partial charge in [-0.2, -0.15) is 0 Å². The third-order valence-electron chi connectivity index (χ3n) is 5.97. The van der Waals surface area contributed by atoms with Crippen LogP contribution in [0.4, 0.5) is 11.4 Å². The van der Waals surface area contributed by atoms with Crippen molar-refractivity contribution in [1.82, 2.24) is 20.2 Å². The molecule has 0 fully saturated rings. The molecule has 0 saturated carbocycles. The molecule has 0 radical (unpaired) electrons. The highest BCUT2D eigenvalue weighted by atomic mass is 32.1. The Labute approximate surface area is 232 Å². The SMILES string of the molecule is CCN(CCO)CC(=O)Nc1cccc(-c2nc(-c3ccccc3)nc3sc(C(=O)NC(C)(C)C)c(N)c23)c1. The summed E-state index contributed by atoms with van der Waals surface area (Å²) in [5.41, 5.74) is 9.21. The summed E-state index contributed by atoms with van der Waals surface area (Å²) in [4.78, 5) is 38.3. The Hall–Kier alpha value is -3.86. The average molecular weight is 547 g/mol. The number of aliphatic hydroxyl groups is 1. The molecule has 2 aromatic carbocycles. The summed E-state index contributed by atoms with van der Waals surface area (Å²) in [6, 6.07) is 17.0. The topological polar surface area (TPSA) is 133 Å². The summed E-state index contributed by atoms with van der Waals surface area (Å²) < 4.78 is 0. The van der Waals surface area contributed by atoms with Gasteiger partial charge in [0.1, 0.15) is 9.71 Å². The number of nitrogens with zero attached hydrogens (tertiary/aromatic N) is 3. The molecule has 4 rings (SSSR count). The van der Waals surface area contributed by atoms with Crippen LogP contribution in [0.2, 0.25) is 0 Å². The van der Waals surface area contributed by atoms with E-state index in [0.29, 0.717) is 51.1 Å². The molecule has 39 heavy (non-hydrogen) atoms. The number of nitrogens with two attached hydrogens (primary N) is 1. The van der Waals surface area contributed by atoms with E-state index >= 15 is 0 Å². The van der Waals surface area contributed by atoms with Crippen LogP contribution in [0.3, 0.4) is 0 Å². The van der Waals surface area contributed by atoms with E-state index in [-0.39, 0.29) is 25.0 Å². The number of rotatable bonds is 9. The molecular weight excluding hydrogens is 512 g/mol. The standard InChI is InChI=1S/C29H34N6O3S/c1-5-35(14-15-36)17-21(37)31-20-13-9-12-19(16-20)24-22-23(30)25(27(38)34-29(2,3)4)39-28(22)33-26(32-24)18-10-7-6-8-11-18/h6-13,16,36H,5,14-15,17,30H2,1-4H3,(H,31,37)(H,34,38). The van der Waals surface area contributed by atoms with E-state index in [2.05, 4.69) is 10.6 Å². The minimum Gasteiger partial charge on any atom is -0.397 e. The molecule has 0 unspecified atom stereocenters. The third kappa shape index (κ3) is 6.78. The molecule has 0 saturated heterocycles. The molecule has 10 heteroatoms. The van der Waals surface area contributed by atoms with Crippen molar-refractivity contribution >= 4 is 44.7 Å². The maximum atomic E-state index is 13.1. The molecule has 4 aromatic rings. The second kappa shape index (κ2) is 11.9. The first kappa shape index (κ1) is 28.2. The van der Waals surface area contributed by atoms with Crippen LogP contribution in [0.1, 0.15) is 37.4 Å². The molecule has 0 spiro atoms. The van der Waals surface area contributed by atoms with Crippen molar-refractivity contribution in [2.45, 2.75) is 33.2 Å². The van der Waals surface area contributed by atoms with Crippen molar-refractivity contribution in [3.63, 3.8) is 0 Å². The van der Waals surface area contributed by atoms with Gasteiger partial charge in [0.2, 0.25) is 5.91 Å². The normalized spacial score (nSPS) is 11.6. The zero-order chi connectivity index (χ0) is 28.2. The lowest BCUT2D eigenvalue weighted by Gasteiger charge is -2.20. The molecule has 0 atom stereocenters. The lowest BCUT2D eigenvalue weighted by Crippen LogP contribution is -2.40. The molecule has 5 N–H and O–H groups in total. The van der Waals surface area contributed by atoms with E-state index in [4.69, 9.17) is 15.7 Å². The van der Waals surface area contributed by atoms with E-state index in [1.54, 1.807) is 6.07 Å². The zero-order valence-electron chi connectivity index (χ0n) is 22.6. The number of aromatic nitrogens is 2. The van der Waals surface area contributed by atoms with Gasteiger partial charge in [-0.15, -0.1) is 11.3 Å². The van der Waals surface area contributed by atoms with Crippen LogP contribution >= 0.6 is 11.3 Å². The van der Waals surface area contributed by atoms with Crippen LogP contribution in [0.25, 0.3) is 32.9 Å². The second-order valence-corrected chi connectivity index (χ2v) is 11.2. The van der Waals surface area contributed by atoms with E-state index in [1.807, 2.05) is 81.1 Å². The van der Waals surface area contributed by atoms with Crippen molar-refractivity contribution in [2.75, 3.05) is 37.3 Å². The van der Waals surface area contributed by atoms with Crippen molar-refractivity contribution in [2.24, 2.45) is 0 Å². The minimum absolute atomic E-state index is 0.0120. The van der Waals surface area contributed by atoms with Gasteiger partial charge < -0.3 is 21.5 Å². The van der Waals surface area contributed by atoms with E-state index in [9.17, 15) is 14.7 Å². The van der Waals surface area contributed by atoms with Gasteiger partial charge in [0.15, 0.2) is 5.82 Å². The predicted octanol–water partition coefficient (Wildman–Crippen LogP) is 4.39. The van der Waals surface area contributed by atoms with E-state index < -0.39 is 5.54 Å². The Balaban J connectivity index is 1.79. The van der Waals surface area contributed by atoms with Gasteiger partial charge in [0.25, 0.3) is 5.91 Å². The first-order valence-electron chi connectivity index (χ1n) is 12.8. The molecule has 9 nitrogen and oxygen atoms in total. The van der Waals surface area contributed by atoms with Crippen LogP contribution in [0.5, 0.6) is 0 Å². The number of nitrogen functional groups attached to an aromatic ring is 1. The maximum absolute atomic E-state index is 13.1. The first-order valence-corrected chi connectivity index (χ1v) is 13.6. The summed E-state index contributed by atoms with van der Waals surface area (Å²) in [6.07, 6.45) is 0. The third-order valence-corrected chi connectivity index (χ3v) is 7.06. The maximum Gasteiger partial charge on any atom is 0.263 e. The Kier molecular flexibility index (Phi) is 8.59. The average Bonchev–Trinajstić information content (AvgIpc) is 3.24. The quantitative estimate of drug-likeness (QED) is 0.245. The Bertz CT molecular complexity index is 1480. The number of hydrogen-bond donors (Lipinski definition) is 4.